The smallest absolute Gasteiger partial charge is 0.0855 e. The average molecular weight is 144 g/mol. The summed E-state index contributed by atoms with van der Waals surface area (Å²) >= 11 is 0. The van der Waals surface area contributed by atoms with E-state index in [4.69, 9.17) is 5.11 Å². The minimum absolute atomic E-state index is 0.365. The number of azo groups is 1. The molecule has 0 aromatic rings. The fourth-order valence-electron chi connectivity index (χ4n) is 0.397. The highest BCUT2D eigenvalue weighted by atomic mass is 16.3. The molecule has 0 radical (unpaired) electrons. The van der Waals surface area contributed by atoms with Gasteiger partial charge in [-0.2, -0.15) is 10.2 Å². The van der Waals surface area contributed by atoms with Gasteiger partial charge in [-0.25, -0.2) is 0 Å². The van der Waals surface area contributed by atoms with Crippen LogP contribution in [0.3, 0.4) is 0 Å². The van der Waals surface area contributed by atoms with Crippen LogP contribution < -0.4 is 0 Å². The monoisotopic (exact) mass is 144 g/mol. The van der Waals surface area contributed by atoms with Crippen molar-refractivity contribution in [1.29, 1.82) is 0 Å². The van der Waals surface area contributed by atoms with E-state index in [-0.39, 0.29) is 6.10 Å². The Bertz CT molecular complexity index is 87.8. The van der Waals surface area contributed by atoms with Crippen molar-refractivity contribution in [1.82, 2.24) is 0 Å². The van der Waals surface area contributed by atoms with Crippen molar-refractivity contribution in [3.05, 3.63) is 0 Å². The molecule has 0 rings (SSSR count). The van der Waals surface area contributed by atoms with Crippen molar-refractivity contribution in [3.8, 4) is 0 Å². The topological polar surface area (TPSA) is 45.0 Å². The molecule has 3 nitrogen and oxygen atoms in total. The summed E-state index contributed by atoms with van der Waals surface area (Å²) in [6.07, 6.45) is -0.365. The molecular weight excluding hydrogens is 128 g/mol. The van der Waals surface area contributed by atoms with E-state index in [1.54, 1.807) is 6.92 Å². The SMILES string of the molecule is CC(C)CN=NCC(C)O. The van der Waals surface area contributed by atoms with Crippen LogP contribution in [0.5, 0.6) is 0 Å². The molecular formula is C7H16N2O. The Hall–Kier alpha value is -0.440. The second kappa shape index (κ2) is 5.35. The first-order valence-electron chi connectivity index (χ1n) is 3.64. The summed E-state index contributed by atoms with van der Waals surface area (Å²) in [5, 5.41) is 16.4. The molecule has 0 aromatic heterocycles. The summed E-state index contributed by atoms with van der Waals surface area (Å²) in [5.41, 5.74) is 0. The largest absolute Gasteiger partial charge is 0.391 e. The minimum atomic E-state index is -0.365. The van der Waals surface area contributed by atoms with Crippen LogP contribution in [0.2, 0.25) is 0 Å². The molecule has 1 N–H and O–H groups in total. The zero-order valence-corrected chi connectivity index (χ0v) is 6.91. The quantitative estimate of drug-likeness (QED) is 0.597. The van der Waals surface area contributed by atoms with Gasteiger partial charge < -0.3 is 5.11 Å². The molecule has 0 aliphatic rings. The summed E-state index contributed by atoms with van der Waals surface area (Å²) in [5.74, 6) is 0.553. The molecule has 0 aromatic carbocycles. The fourth-order valence-corrected chi connectivity index (χ4v) is 0.397. The Kier molecular flexibility index (Phi) is 5.12. The van der Waals surface area contributed by atoms with Crippen molar-refractivity contribution in [3.63, 3.8) is 0 Å². The van der Waals surface area contributed by atoms with Gasteiger partial charge in [-0.15, -0.1) is 0 Å². The van der Waals surface area contributed by atoms with Crippen molar-refractivity contribution < 1.29 is 5.11 Å². The van der Waals surface area contributed by atoms with Gasteiger partial charge in [0, 0.05) is 0 Å². The van der Waals surface area contributed by atoms with Gasteiger partial charge in [0.25, 0.3) is 0 Å². The lowest BCUT2D eigenvalue weighted by Gasteiger charge is -1.97. The van der Waals surface area contributed by atoms with E-state index in [9.17, 15) is 0 Å². The number of nitrogens with zero attached hydrogens (tertiary/aromatic N) is 2. The van der Waals surface area contributed by atoms with Gasteiger partial charge >= 0.3 is 0 Å². The molecule has 0 aliphatic heterocycles. The van der Waals surface area contributed by atoms with E-state index in [0.717, 1.165) is 6.54 Å². The van der Waals surface area contributed by atoms with Crippen molar-refractivity contribution in [2.24, 2.45) is 16.1 Å². The van der Waals surface area contributed by atoms with Crippen molar-refractivity contribution in [2.45, 2.75) is 26.9 Å². The van der Waals surface area contributed by atoms with Crippen LogP contribution >= 0.6 is 0 Å². The maximum atomic E-state index is 8.76. The molecule has 0 spiro atoms. The lowest BCUT2D eigenvalue weighted by Crippen LogP contribution is -2.03. The third-order valence-corrected chi connectivity index (χ3v) is 0.893. The maximum Gasteiger partial charge on any atom is 0.0855 e. The molecule has 0 aliphatic carbocycles. The highest BCUT2D eigenvalue weighted by Crippen LogP contribution is 1.92. The molecule has 60 valence electrons. The van der Waals surface area contributed by atoms with Crippen molar-refractivity contribution in [2.75, 3.05) is 13.1 Å². The lowest BCUT2D eigenvalue weighted by atomic mass is 10.2. The number of hydrogen-bond acceptors (Lipinski definition) is 3. The van der Waals surface area contributed by atoms with E-state index in [0.29, 0.717) is 12.5 Å². The molecule has 0 amide bonds. The van der Waals surface area contributed by atoms with Gasteiger partial charge in [-0.3, -0.25) is 0 Å². The standard InChI is InChI=1S/C7H16N2O/c1-6(2)4-8-9-5-7(3)10/h6-7,10H,4-5H2,1-3H3. The van der Waals surface area contributed by atoms with Gasteiger partial charge in [-0.05, 0) is 12.8 Å². The third kappa shape index (κ3) is 7.56. The Morgan fingerprint density at radius 3 is 2.00 bits per heavy atom. The summed E-state index contributed by atoms with van der Waals surface area (Å²) in [4.78, 5) is 0. The number of rotatable bonds is 4. The summed E-state index contributed by atoms with van der Waals surface area (Å²) in [7, 11) is 0. The van der Waals surface area contributed by atoms with E-state index >= 15 is 0 Å². The highest BCUT2D eigenvalue weighted by Gasteiger charge is 1.91. The fraction of sp³-hybridized carbons (Fsp3) is 1.00. The summed E-state index contributed by atoms with van der Waals surface area (Å²) in [6.45, 7) is 7.05. The molecule has 0 bridgehead atoms. The Balaban J connectivity index is 3.20. The number of hydrogen-bond donors (Lipinski definition) is 1. The van der Waals surface area contributed by atoms with Gasteiger partial charge in [0.1, 0.15) is 0 Å². The summed E-state index contributed by atoms with van der Waals surface area (Å²) < 4.78 is 0. The van der Waals surface area contributed by atoms with Gasteiger partial charge in [0.2, 0.25) is 0 Å². The van der Waals surface area contributed by atoms with Gasteiger partial charge in [0.15, 0.2) is 0 Å². The van der Waals surface area contributed by atoms with Crippen LogP contribution in [0.1, 0.15) is 20.8 Å². The molecule has 3 heteroatoms. The summed E-state index contributed by atoms with van der Waals surface area (Å²) in [6, 6.07) is 0. The normalized spacial score (nSPS) is 14.9. The third-order valence-electron chi connectivity index (χ3n) is 0.893. The van der Waals surface area contributed by atoms with Crippen LogP contribution in [0.15, 0.2) is 10.2 Å². The molecule has 1 unspecified atom stereocenters. The van der Waals surface area contributed by atoms with E-state index < -0.39 is 0 Å². The zero-order chi connectivity index (χ0) is 7.98. The maximum absolute atomic E-state index is 8.76. The number of aliphatic hydroxyl groups excluding tert-OH is 1. The first-order valence-corrected chi connectivity index (χ1v) is 3.64. The van der Waals surface area contributed by atoms with E-state index in [2.05, 4.69) is 24.1 Å². The zero-order valence-electron chi connectivity index (χ0n) is 6.91. The van der Waals surface area contributed by atoms with Crippen LogP contribution in [-0.4, -0.2) is 24.3 Å². The second-order valence-electron chi connectivity index (χ2n) is 2.89. The number of aliphatic hydroxyl groups is 1. The molecule has 0 fully saturated rings. The molecule has 10 heavy (non-hydrogen) atoms. The Morgan fingerprint density at radius 1 is 1.10 bits per heavy atom. The lowest BCUT2D eigenvalue weighted by molar-refractivity contribution is 0.201. The van der Waals surface area contributed by atoms with Gasteiger partial charge in [0.05, 0.1) is 19.2 Å². The molecule has 0 saturated carbocycles. The molecule has 0 heterocycles. The first-order chi connectivity index (χ1) is 4.63. The predicted molar refractivity (Wildman–Crippen MR) is 41.1 cm³/mol. The molecule has 1 atom stereocenters. The highest BCUT2D eigenvalue weighted by molar-refractivity contribution is 4.49. The first kappa shape index (κ1) is 9.56. The van der Waals surface area contributed by atoms with Crippen LogP contribution in [-0.2, 0) is 0 Å². The Morgan fingerprint density at radius 2 is 1.60 bits per heavy atom. The average Bonchev–Trinajstić information content (AvgIpc) is 1.79. The predicted octanol–water partition coefficient (Wildman–Crippen LogP) is 1.48. The van der Waals surface area contributed by atoms with E-state index in [1.165, 1.54) is 0 Å². The van der Waals surface area contributed by atoms with E-state index in [1.807, 2.05) is 0 Å². The minimum Gasteiger partial charge on any atom is -0.391 e. The molecule has 0 saturated heterocycles. The second-order valence-corrected chi connectivity index (χ2v) is 2.89. The van der Waals surface area contributed by atoms with Crippen LogP contribution in [0.4, 0.5) is 0 Å². The Labute approximate surface area is 62.2 Å². The van der Waals surface area contributed by atoms with Gasteiger partial charge in [-0.1, -0.05) is 13.8 Å². The van der Waals surface area contributed by atoms with Crippen molar-refractivity contribution >= 4 is 0 Å². The van der Waals surface area contributed by atoms with Crippen LogP contribution in [0, 0.1) is 5.92 Å². The van der Waals surface area contributed by atoms with Crippen LogP contribution in [0.25, 0.3) is 0 Å².